The molecule has 5 heteroatoms. The van der Waals surface area contributed by atoms with Crippen molar-refractivity contribution in [2.75, 3.05) is 13.2 Å². The Balaban J connectivity index is 2.37. The molecule has 0 fully saturated rings. The van der Waals surface area contributed by atoms with Gasteiger partial charge in [-0.1, -0.05) is 6.08 Å². The number of nitrogens with one attached hydrogen (secondary N) is 2. The third-order valence-electron chi connectivity index (χ3n) is 2.55. The van der Waals surface area contributed by atoms with Gasteiger partial charge in [0, 0.05) is 24.5 Å². The van der Waals surface area contributed by atoms with Crippen LogP contribution in [0.4, 0.5) is 0 Å². The van der Waals surface area contributed by atoms with E-state index in [1.807, 2.05) is 6.92 Å². The maximum Gasteiger partial charge on any atom is 0.337 e. The number of H-pyrrole nitrogens is 1. The van der Waals surface area contributed by atoms with Crippen molar-refractivity contribution in [1.29, 1.82) is 0 Å². The molecular formula is C13H20N2O3. The third kappa shape index (κ3) is 4.35. The number of rotatable bonds is 8. The van der Waals surface area contributed by atoms with Crippen molar-refractivity contribution in [2.45, 2.75) is 26.5 Å². The number of aromatic amines is 1. The molecular weight excluding hydrogens is 232 g/mol. The van der Waals surface area contributed by atoms with Crippen LogP contribution >= 0.6 is 0 Å². The molecule has 1 aromatic heterocycles. The highest BCUT2D eigenvalue weighted by atomic mass is 16.5. The lowest BCUT2D eigenvalue weighted by Gasteiger charge is -2.12. The van der Waals surface area contributed by atoms with E-state index in [1.165, 1.54) is 0 Å². The summed E-state index contributed by atoms with van der Waals surface area (Å²) in [5.74, 6) is -0.905. The first kappa shape index (κ1) is 14.5. The first-order valence-corrected chi connectivity index (χ1v) is 5.89. The Labute approximate surface area is 107 Å². The number of carboxylic acid groups (broad SMARTS) is 1. The fourth-order valence-corrected chi connectivity index (χ4v) is 1.65. The van der Waals surface area contributed by atoms with E-state index in [1.54, 1.807) is 19.1 Å². The average Bonchev–Trinajstić information content (AvgIpc) is 2.68. The van der Waals surface area contributed by atoms with Crippen LogP contribution in [0.15, 0.2) is 18.7 Å². The summed E-state index contributed by atoms with van der Waals surface area (Å²) in [6, 6.07) is 1.65. The highest BCUT2D eigenvalue weighted by Gasteiger charge is 2.10. The fraction of sp³-hybridized carbons (Fsp3) is 0.462. The van der Waals surface area contributed by atoms with Crippen LogP contribution in [0, 0.1) is 6.92 Å². The number of aromatic nitrogens is 1. The second-order valence-electron chi connectivity index (χ2n) is 4.20. The molecule has 0 amide bonds. The van der Waals surface area contributed by atoms with Gasteiger partial charge in [0.05, 0.1) is 18.3 Å². The Morgan fingerprint density at radius 1 is 1.72 bits per heavy atom. The van der Waals surface area contributed by atoms with Gasteiger partial charge in [-0.25, -0.2) is 4.79 Å². The van der Waals surface area contributed by atoms with Crippen molar-refractivity contribution in [3.63, 3.8) is 0 Å². The highest BCUT2D eigenvalue weighted by molar-refractivity contribution is 5.89. The molecule has 1 aromatic rings. The number of aromatic carboxylic acids is 1. The van der Waals surface area contributed by atoms with Crippen LogP contribution in [0.25, 0.3) is 0 Å². The van der Waals surface area contributed by atoms with Crippen molar-refractivity contribution < 1.29 is 14.6 Å². The minimum Gasteiger partial charge on any atom is -0.478 e. The molecule has 1 rings (SSSR count). The molecule has 100 valence electrons. The molecule has 0 saturated heterocycles. The summed E-state index contributed by atoms with van der Waals surface area (Å²) >= 11 is 0. The lowest BCUT2D eigenvalue weighted by Crippen LogP contribution is -2.26. The number of aryl methyl sites for hydroxylation is 1. The van der Waals surface area contributed by atoms with Crippen molar-refractivity contribution in [2.24, 2.45) is 0 Å². The molecule has 0 bridgehead atoms. The number of carboxylic acids is 1. The van der Waals surface area contributed by atoms with E-state index in [9.17, 15) is 4.79 Å². The molecule has 3 N–H and O–H groups in total. The Morgan fingerprint density at radius 2 is 2.44 bits per heavy atom. The fourth-order valence-electron chi connectivity index (χ4n) is 1.65. The van der Waals surface area contributed by atoms with Crippen LogP contribution in [0.3, 0.4) is 0 Å². The van der Waals surface area contributed by atoms with Gasteiger partial charge in [0.25, 0.3) is 0 Å². The normalized spacial score (nSPS) is 12.3. The zero-order valence-electron chi connectivity index (χ0n) is 10.8. The van der Waals surface area contributed by atoms with Crippen LogP contribution in [-0.4, -0.2) is 35.3 Å². The van der Waals surface area contributed by atoms with E-state index in [-0.39, 0.29) is 6.10 Å². The number of carbonyl (C=O) groups is 1. The van der Waals surface area contributed by atoms with Crippen LogP contribution < -0.4 is 5.32 Å². The van der Waals surface area contributed by atoms with Gasteiger partial charge in [0.1, 0.15) is 0 Å². The maximum absolute atomic E-state index is 10.9. The van der Waals surface area contributed by atoms with Gasteiger partial charge in [0.15, 0.2) is 0 Å². The second kappa shape index (κ2) is 6.98. The zero-order chi connectivity index (χ0) is 13.5. The number of hydrogen-bond acceptors (Lipinski definition) is 3. The van der Waals surface area contributed by atoms with E-state index in [0.29, 0.717) is 31.0 Å². The Hall–Kier alpha value is -1.59. The zero-order valence-corrected chi connectivity index (χ0v) is 10.8. The second-order valence-corrected chi connectivity index (χ2v) is 4.20. The molecule has 1 heterocycles. The van der Waals surface area contributed by atoms with E-state index in [2.05, 4.69) is 16.9 Å². The van der Waals surface area contributed by atoms with Gasteiger partial charge in [-0.3, -0.25) is 0 Å². The molecule has 0 radical (unpaired) electrons. The van der Waals surface area contributed by atoms with E-state index in [0.717, 1.165) is 5.69 Å². The van der Waals surface area contributed by atoms with Gasteiger partial charge >= 0.3 is 5.97 Å². The Morgan fingerprint density at radius 3 is 3.00 bits per heavy atom. The maximum atomic E-state index is 10.9. The van der Waals surface area contributed by atoms with Crippen molar-refractivity contribution in [1.82, 2.24) is 10.3 Å². The largest absolute Gasteiger partial charge is 0.478 e. The smallest absolute Gasteiger partial charge is 0.337 e. The predicted molar refractivity (Wildman–Crippen MR) is 69.8 cm³/mol. The van der Waals surface area contributed by atoms with Crippen LogP contribution in [0.1, 0.15) is 28.7 Å². The topological polar surface area (TPSA) is 74.3 Å². The number of ether oxygens (including phenoxy) is 1. The molecule has 5 nitrogen and oxygen atoms in total. The first-order valence-electron chi connectivity index (χ1n) is 5.89. The summed E-state index contributed by atoms with van der Waals surface area (Å²) in [5, 5.41) is 12.1. The minimum atomic E-state index is -0.905. The summed E-state index contributed by atoms with van der Waals surface area (Å²) in [5.41, 5.74) is 1.86. The highest BCUT2D eigenvalue weighted by Crippen LogP contribution is 2.09. The van der Waals surface area contributed by atoms with E-state index >= 15 is 0 Å². The van der Waals surface area contributed by atoms with Gasteiger partial charge in [-0.2, -0.15) is 0 Å². The first-order chi connectivity index (χ1) is 8.54. The molecule has 0 aliphatic rings. The summed E-state index contributed by atoms with van der Waals surface area (Å²) < 4.78 is 5.41. The summed E-state index contributed by atoms with van der Waals surface area (Å²) in [6.07, 6.45) is 1.81. The molecule has 0 saturated carbocycles. The molecule has 1 unspecified atom stereocenters. The third-order valence-corrected chi connectivity index (χ3v) is 2.55. The molecule has 0 spiro atoms. The monoisotopic (exact) mass is 252 g/mol. The molecule has 0 aromatic carbocycles. The van der Waals surface area contributed by atoms with Crippen molar-refractivity contribution in [3.05, 3.63) is 35.7 Å². The lowest BCUT2D eigenvalue weighted by molar-refractivity contribution is 0.0696. The SMILES string of the molecule is C=CCOC(C)CNCc1cc(C(=O)O)c(C)[nH]1. The summed E-state index contributed by atoms with van der Waals surface area (Å²) in [7, 11) is 0. The summed E-state index contributed by atoms with van der Waals surface area (Å²) in [4.78, 5) is 13.9. The average molecular weight is 252 g/mol. The van der Waals surface area contributed by atoms with E-state index in [4.69, 9.17) is 9.84 Å². The standard InChI is InChI=1S/C13H20N2O3/c1-4-5-18-9(2)7-14-8-11-6-12(13(16)17)10(3)15-11/h4,6,9,14-15H,1,5,7-8H2,2-3H3,(H,16,17). The van der Waals surface area contributed by atoms with Gasteiger partial charge < -0.3 is 20.1 Å². The van der Waals surface area contributed by atoms with E-state index < -0.39 is 5.97 Å². The molecule has 0 aliphatic carbocycles. The van der Waals surface area contributed by atoms with Gasteiger partial charge in [0.2, 0.25) is 0 Å². The lowest BCUT2D eigenvalue weighted by atomic mass is 10.2. The molecule has 1 atom stereocenters. The van der Waals surface area contributed by atoms with Crippen LogP contribution in [0.2, 0.25) is 0 Å². The van der Waals surface area contributed by atoms with Crippen LogP contribution in [0.5, 0.6) is 0 Å². The number of hydrogen-bond donors (Lipinski definition) is 3. The molecule has 18 heavy (non-hydrogen) atoms. The Bertz CT molecular complexity index is 412. The summed E-state index contributed by atoms with van der Waals surface area (Å²) in [6.45, 7) is 9.14. The van der Waals surface area contributed by atoms with Crippen molar-refractivity contribution in [3.8, 4) is 0 Å². The Kier molecular flexibility index (Phi) is 5.61. The van der Waals surface area contributed by atoms with Gasteiger partial charge in [-0.15, -0.1) is 6.58 Å². The van der Waals surface area contributed by atoms with Crippen molar-refractivity contribution >= 4 is 5.97 Å². The van der Waals surface area contributed by atoms with Crippen LogP contribution in [-0.2, 0) is 11.3 Å². The predicted octanol–water partition coefficient (Wildman–Crippen LogP) is 1.70. The molecule has 0 aliphatic heterocycles. The minimum absolute atomic E-state index is 0.0954. The quantitative estimate of drug-likeness (QED) is 0.616. The van der Waals surface area contributed by atoms with Gasteiger partial charge in [-0.05, 0) is 19.9 Å².